The van der Waals surface area contributed by atoms with Gasteiger partial charge in [0.25, 0.3) is 0 Å². The van der Waals surface area contributed by atoms with E-state index in [1.807, 2.05) is 21.1 Å². The lowest BCUT2D eigenvalue weighted by Crippen LogP contribution is -2.46. The van der Waals surface area contributed by atoms with E-state index in [-0.39, 0.29) is 6.23 Å². The Hall–Kier alpha value is 0.0700. The second-order valence-electron chi connectivity index (χ2n) is 10.1. The summed E-state index contributed by atoms with van der Waals surface area (Å²) in [5, 5.41) is 0. The predicted octanol–water partition coefficient (Wildman–Crippen LogP) is 8.21. The van der Waals surface area contributed by atoms with E-state index in [4.69, 9.17) is 9.05 Å². The molecule has 0 amide bonds. The first kappa shape index (κ1) is 31.1. The number of phosphoric ester groups is 1. The van der Waals surface area contributed by atoms with Crippen LogP contribution < -0.4 is 0 Å². The molecule has 0 fully saturated rings. The van der Waals surface area contributed by atoms with Crippen molar-refractivity contribution in [3.05, 3.63) is 0 Å². The number of hydrogen-bond acceptors (Lipinski definition) is 3. The van der Waals surface area contributed by atoms with Crippen LogP contribution in [0.4, 0.5) is 0 Å². The fraction of sp³-hybridized carbons (Fsp3) is 1.00. The molecular formula is C25H55NO4P+. The van der Waals surface area contributed by atoms with E-state index in [1.165, 1.54) is 77.0 Å². The monoisotopic (exact) mass is 464 g/mol. The molecule has 0 bridgehead atoms. The second kappa shape index (κ2) is 19.5. The average Bonchev–Trinajstić information content (AvgIpc) is 2.69. The lowest BCUT2D eigenvalue weighted by molar-refractivity contribution is -0.916. The maximum atomic E-state index is 12.3. The summed E-state index contributed by atoms with van der Waals surface area (Å²) < 4.78 is 23.6. The minimum absolute atomic E-state index is 0.296. The molecule has 1 N–H and O–H groups in total. The minimum Gasteiger partial charge on any atom is -0.305 e. The van der Waals surface area contributed by atoms with Gasteiger partial charge in [0.15, 0.2) is 0 Å². The SMILES string of the molecule is CCCCCCCCCCCCCCCCOP(=O)(O)OC(CCCCC)[N+](C)(C)C. The number of nitrogens with zero attached hydrogens (tertiary/aromatic N) is 1. The van der Waals surface area contributed by atoms with Crippen molar-refractivity contribution >= 4 is 7.82 Å². The maximum Gasteiger partial charge on any atom is 0.476 e. The summed E-state index contributed by atoms with van der Waals surface area (Å²) in [5.74, 6) is 0. The van der Waals surface area contributed by atoms with Crippen LogP contribution in [0.15, 0.2) is 0 Å². The third kappa shape index (κ3) is 20.4. The van der Waals surface area contributed by atoms with Crippen molar-refractivity contribution in [2.24, 2.45) is 0 Å². The Bertz CT molecular complexity index is 440. The molecule has 0 aromatic rings. The number of rotatable bonds is 23. The summed E-state index contributed by atoms with van der Waals surface area (Å²) in [6, 6.07) is 0. The highest BCUT2D eigenvalue weighted by Crippen LogP contribution is 2.46. The Labute approximate surface area is 194 Å². The molecule has 0 saturated carbocycles. The van der Waals surface area contributed by atoms with Crippen LogP contribution in [-0.2, 0) is 13.6 Å². The van der Waals surface area contributed by atoms with Gasteiger partial charge >= 0.3 is 7.82 Å². The summed E-state index contributed by atoms with van der Waals surface area (Å²) in [6.07, 6.45) is 21.7. The average molecular weight is 465 g/mol. The number of unbranched alkanes of at least 4 members (excludes halogenated alkanes) is 15. The van der Waals surface area contributed by atoms with Crippen molar-refractivity contribution in [1.82, 2.24) is 0 Å². The van der Waals surface area contributed by atoms with Gasteiger partial charge < -0.3 is 9.38 Å². The van der Waals surface area contributed by atoms with Gasteiger partial charge in [-0.1, -0.05) is 110 Å². The summed E-state index contributed by atoms with van der Waals surface area (Å²) in [5.41, 5.74) is 0. The number of hydrogen-bond donors (Lipinski definition) is 1. The zero-order chi connectivity index (χ0) is 23.4. The van der Waals surface area contributed by atoms with Gasteiger partial charge in [-0.05, 0) is 12.8 Å². The highest BCUT2D eigenvalue weighted by atomic mass is 31.2. The van der Waals surface area contributed by atoms with Crippen molar-refractivity contribution in [1.29, 1.82) is 0 Å². The molecule has 0 aromatic carbocycles. The van der Waals surface area contributed by atoms with E-state index >= 15 is 0 Å². The van der Waals surface area contributed by atoms with Gasteiger partial charge in [0.05, 0.1) is 27.7 Å². The highest BCUT2D eigenvalue weighted by molar-refractivity contribution is 7.47. The smallest absolute Gasteiger partial charge is 0.305 e. The van der Waals surface area contributed by atoms with Crippen molar-refractivity contribution in [3.8, 4) is 0 Å². The Balaban J connectivity index is 3.70. The predicted molar refractivity (Wildman–Crippen MR) is 133 cm³/mol. The fourth-order valence-corrected chi connectivity index (χ4v) is 4.93. The topological polar surface area (TPSA) is 55.8 Å². The van der Waals surface area contributed by atoms with Crippen LogP contribution in [-0.4, -0.2) is 43.4 Å². The third-order valence-electron chi connectivity index (χ3n) is 5.93. The van der Waals surface area contributed by atoms with Crippen LogP contribution in [0.5, 0.6) is 0 Å². The quantitative estimate of drug-likeness (QED) is 0.0716. The summed E-state index contributed by atoms with van der Waals surface area (Å²) >= 11 is 0. The van der Waals surface area contributed by atoms with E-state index in [9.17, 15) is 9.46 Å². The third-order valence-corrected chi connectivity index (χ3v) is 6.94. The molecule has 0 radical (unpaired) electrons. The molecule has 5 nitrogen and oxygen atoms in total. The molecule has 0 aromatic heterocycles. The van der Waals surface area contributed by atoms with Gasteiger partial charge in [0, 0.05) is 6.42 Å². The molecule has 0 heterocycles. The Morgan fingerprint density at radius 1 is 0.677 bits per heavy atom. The molecule has 0 aliphatic rings. The van der Waals surface area contributed by atoms with Crippen molar-refractivity contribution in [2.75, 3.05) is 27.7 Å². The van der Waals surface area contributed by atoms with Gasteiger partial charge in [0.1, 0.15) is 0 Å². The van der Waals surface area contributed by atoms with E-state index in [2.05, 4.69) is 13.8 Å². The first-order chi connectivity index (χ1) is 14.7. The van der Waals surface area contributed by atoms with Crippen LogP contribution in [0.3, 0.4) is 0 Å². The van der Waals surface area contributed by atoms with E-state index in [0.717, 1.165) is 38.5 Å². The van der Waals surface area contributed by atoms with Gasteiger partial charge in [-0.25, -0.2) is 9.09 Å². The summed E-state index contributed by atoms with van der Waals surface area (Å²) in [4.78, 5) is 10.1. The van der Waals surface area contributed by atoms with Gasteiger partial charge in [-0.15, -0.1) is 0 Å². The van der Waals surface area contributed by atoms with E-state index < -0.39 is 7.82 Å². The van der Waals surface area contributed by atoms with Crippen LogP contribution in [0.25, 0.3) is 0 Å². The zero-order valence-electron chi connectivity index (χ0n) is 21.6. The first-order valence-corrected chi connectivity index (χ1v) is 14.7. The summed E-state index contributed by atoms with van der Waals surface area (Å²) in [7, 11) is 1.98. The highest BCUT2D eigenvalue weighted by Gasteiger charge is 2.34. The Kier molecular flexibility index (Phi) is 19.6. The normalized spacial score (nSPS) is 15.2. The molecule has 0 saturated heterocycles. The first-order valence-electron chi connectivity index (χ1n) is 13.2. The van der Waals surface area contributed by atoms with Gasteiger partial charge in [-0.3, -0.25) is 4.52 Å². The van der Waals surface area contributed by atoms with Crippen LogP contribution in [0, 0.1) is 0 Å². The van der Waals surface area contributed by atoms with Crippen molar-refractivity contribution in [3.63, 3.8) is 0 Å². The molecule has 188 valence electrons. The molecule has 6 heteroatoms. The Morgan fingerprint density at radius 2 is 1.06 bits per heavy atom. The molecule has 31 heavy (non-hydrogen) atoms. The van der Waals surface area contributed by atoms with Gasteiger partial charge in [0.2, 0.25) is 6.23 Å². The molecular weight excluding hydrogens is 409 g/mol. The lowest BCUT2D eigenvalue weighted by Gasteiger charge is -2.34. The number of quaternary nitrogens is 1. The maximum absolute atomic E-state index is 12.3. The van der Waals surface area contributed by atoms with Crippen LogP contribution >= 0.6 is 7.82 Å². The Morgan fingerprint density at radius 3 is 1.48 bits per heavy atom. The number of phosphoric acid groups is 1. The van der Waals surface area contributed by atoms with Crippen molar-refractivity contribution in [2.45, 2.75) is 136 Å². The molecule has 2 unspecified atom stereocenters. The molecule has 0 aliphatic heterocycles. The van der Waals surface area contributed by atoms with Crippen molar-refractivity contribution < 1.29 is 23.0 Å². The van der Waals surface area contributed by atoms with E-state index in [1.54, 1.807) is 0 Å². The minimum atomic E-state index is -4.00. The molecule has 0 rings (SSSR count). The molecule has 0 spiro atoms. The second-order valence-corrected chi connectivity index (χ2v) is 11.5. The lowest BCUT2D eigenvalue weighted by atomic mass is 10.0. The molecule has 0 aliphatic carbocycles. The van der Waals surface area contributed by atoms with Crippen LogP contribution in [0.1, 0.15) is 129 Å². The standard InChI is InChI=1S/C25H54NO4P/c1-6-8-10-11-12-13-14-15-16-17-18-19-20-22-24-29-31(27,28)30-25(26(3,4)5)23-21-9-7-2/h25H,6-24H2,1-5H3/p+1. The molecule has 2 atom stereocenters. The fourth-order valence-electron chi connectivity index (χ4n) is 3.81. The summed E-state index contributed by atoms with van der Waals surface area (Å²) in [6.45, 7) is 4.72. The zero-order valence-corrected chi connectivity index (χ0v) is 22.5. The van der Waals surface area contributed by atoms with E-state index in [0.29, 0.717) is 11.1 Å². The van der Waals surface area contributed by atoms with Gasteiger partial charge in [-0.2, -0.15) is 0 Å². The van der Waals surface area contributed by atoms with Crippen LogP contribution in [0.2, 0.25) is 0 Å². The largest absolute Gasteiger partial charge is 0.476 e.